The highest BCUT2D eigenvalue weighted by molar-refractivity contribution is 5.87. The van der Waals surface area contributed by atoms with Crippen LogP contribution in [0.5, 0.6) is 0 Å². The van der Waals surface area contributed by atoms with Gasteiger partial charge in [0.1, 0.15) is 0 Å². The van der Waals surface area contributed by atoms with Gasteiger partial charge in [-0.15, -0.1) is 12.4 Å². The molecule has 1 atom stereocenters. The maximum atomic E-state index is 12.4. The van der Waals surface area contributed by atoms with Crippen molar-refractivity contribution in [2.45, 2.75) is 65.5 Å². The molecule has 22 heavy (non-hydrogen) atoms. The molecule has 130 valence electrons. The van der Waals surface area contributed by atoms with Crippen LogP contribution in [0.3, 0.4) is 0 Å². The van der Waals surface area contributed by atoms with Crippen molar-refractivity contribution < 1.29 is 9.59 Å². The lowest BCUT2D eigenvalue weighted by Crippen LogP contribution is -2.50. The first-order chi connectivity index (χ1) is 9.82. The second kappa shape index (κ2) is 10.1. The fourth-order valence-corrected chi connectivity index (χ4v) is 2.75. The molecule has 1 aliphatic carbocycles. The quantitative estimate of drug-likeness (QED) is 0.747. The number of nitrogens with zero attached hydrogens (tertiary/aromatic N) is 1. The largest absolute Gasteiger partial charge is 0.346 e. The highest BCUT2D eigenvalue weighted by atomic mass is 35.5. The molecule has 3 N–H and O–H groups in total. The molecular formula is C16H32ClN3O2. The van der Waals surface area contributed by atoms with Crippen molar-refractivity contribution in [3.8, 4) is 0 Å². The molecule has 0 aliphatic heterocycles. The summed E-state index contributed by atoms with van der Waals surface area (Å²) < 4.78 is 0. The first kappa shape index (κ1) is 21.2. The predicted octanol–water partition coefficient (Wildman–Crippen LogP) is 1.93. The Morgan fingerprint density at radius 1 is 1.18 bits per heavy atom. The van der Waals surface area contributed by atoms with Gasteiger partial charge in [0.25, 0.3) is 0 Å². The third kappa shape index (κ3) is 6.53. The number of rotatable bonds is 7. The smallest absolute Gasteiger partial charge is 0.242 e. The Bertz CT molecular complexity index is 355. The minimum atomic E-state index is -0.553. The van der Waals surface area contributed by atoms with Crippen molar-refractivity contribution in [3.63, 3.8) is 0 Å². The van der Waals surface area contributed by atoms with E-state index >= 15 is 0 Å². The minimum Gasteiger partial charge on any atom is -0.346 e. The number of carbonyl (C=O) groups excluding carboxylic acids is 2. The van der Waals surface area contributed by atoms with Crippen LogP contribution in [0.4, 0.5) is 0 Å². The minimum absolute atomic E-state index is 0. The summed E-state index contributed by atoms with van der Waals surface area (Å²) in [6.07, 6.45) is 4.55. The zero-order chi connectivity index (χ0) is 16.0. The summed E-state index contributed by atoms with van der Waals surface area (Å²) in [5, 5.41) is 2.69. The Hall–Kier alpha value is -0.810. The van der Waals surface area contributed by atoms with E-state index in [4.69, 9.17) is 5.73 Å². The van der Waals surface area contributed by atoms with E-state index in [2.05, 4.69) is 19.2 Å². The molecule has 5 nitrogen and oxygen atoms in total. The van der Waals surface area contributed by atoms with Crippen LogP contribution in [0.15, 0.2) is 0 Å². The van der Waals surface area contributed by atoms with E-state index in [0.29, 0.717) is 12.0 Å². The van der Waals surface area contributed by atoms with Crippen LogP contribution >= 0.6 is 12.4 Å². The van der Waals surface area contributed by atoms with Gasteiger partial charge in [-0.25, -0.2) is 0 Å². The third-order valence-corrected chi connectivity index (χ3v) is 4.08. The van der Waals surface area contributed by atoms with Crippen molar-refractivity contribution >= 4 is 24.2 Å². The molecule has 0 saturated heterocycles. The molecular weight excluding hydrogens is 302 g/mol. The number of hydrogen-bond donors (Lipinski definition) is 2. The average Bonchev–Trinajstić information content (AvgIpc) is 2.94. The van der Waals surface area contributed by atoms with E-state index in [1.807, 2.05) is 18.7 Å². The summed E-state index contributed by atoms with van der Waals surface area (Å²) in [6, 6.07) is -0.210. The maximum Gasteiger partial charge on any atom is 0.242 e. The molecule has 0 aromatic heterocycles. The van der Waals surface area contributed by atoms with Gasteiger partial charge in [-0.2, -0.15) is 0 Å². The van der Waals surface area contributed by atoms with Crippen molar-refractivity contribution in [1.82, 2.24) is 10.2 Å². The van der Waals surface area contributed by atoms with Crippen molar-refractivity contribution in [2.75, 3.05) is 13.1 Å². The Kier molecular flexibility index (Phi) is 9.69. The highest BCUT2D eigenvalue weighted by Gasteiger charge is 2.27. The van der Waals surface area contributed by atoms with Gasteiger partial charge in [0, 0.05) is 12.6 Å². The zero-order valence-corrected chi connectivity index (χ0v) is 15.1. The SMILES string of the molecule is CC(C)CN(C(=O)CNC(=O)[C@@H](N)C(C)C)C1CCCC1.Cl. The predicted molar refractivity (Wildman–Crippen MR) is 91.9 cm³/mol. The number of hydrogen-bond acceptors (Lipinski definition) is 3. The third-order valence-electron chi connectivity index (χ3n) is 4.08. The summed E-state index contributed by atoms with van der Waals surface area (Å²) in [4.78, 5) is 26.2. The van der Waals surface area contributed by atoms with Gasteiger partial charge >= 0.3 is 0 Å². The molecule has 0 aromatic rings. The topological polar surface area (TPSA) is 75.4 Å². The molecule has 1 fully saturated rings. The highest BCUT2D eigenvalue weighted by Crippen LogP contribution is 2.24. The molecule has 1 rings (SSSR count). The molecule has 0 spiro atoms. The Labute approximate surface area is 140 Å². The Balaban J connectivity index is 0.00000441. The van der Waals surface area contributed by atoms with Crippen molar-refractivity contribution in [1.29, 1.82) is 0 Å². The van der Waals surface area contributed by atoms with E-state index in [0.717, 1.165) is 19.4 Å². The molecule has 1 saturated carbocycles. The fraction of sp³-hybridized carbons (Fsp3) is 0.875. The zero-order valence-electron chi connectivity index (χ0n) is 14.3. The average molecular weight is 334 g/mol. The van der Waals surface area contributed by atoms with E-state index in [9.17, 15) is 9.59 Å². The summed E-state index contributed by atoms with van der Waals surface area (Å²) in [5.74, 6) is 0.277. The Morgan fingerprint density at radius 3 is 2.18 bits per heavy atom. The second-order valence-corrected chi connectivity index (χ2v) is 6.87. The first-order valence-corrected chi connectivity index (χ1v) is 8.15. The van der Waals surface area contributed by atoms with Crippen LogP contribution in [0.25, 0.3) is 0 Å². The second-order valence-electron chi connectivity index (χ2n) is 6.87. The van der Waals surface area contributed by atoms with Crippen LogP contribution in [0.1, 0.15) is 53.4 Å². The molecule has 0 heterocycles. The van der Waals surface area contributed by atoms with Gasteiger partial charge in [-0.3, -0.25) is 9.59 Å². The lowest BCUT2D eigenvalue weighted by molar-refractivity contribution is -0.135. The molecule has 0 unspecified atom stereocenters. The van der Waals surface area contributed by atoms with E-state index in [1.165, 1.54) is 12.8 Å². The summed E-state index contributed by atoms with van der Waals surface area (Å²) >= 11 is 0. The van der Waals surface area contributed by atoms with Crippen molar-refractivity contribution in [3.05, 3.63) is 0 Å². The molecule has 2 amide bonds. The summed E-state index contributed by atoms with van der Waals surface area (Å²) in [5.41, 5.74) is 5.79. The van der Waals surface area contributed by atoms with Crippen LogP contribution in [-0.4, -0.2) is 41.9 Å². The number of halogens is 1. The van der Waals surface area contributed by atoms with Crippen LogP contribution in [0, 0.1) is 11.8 Å². The lowest BCUT2D eigenvalue weighted by atomic mass is 10.1. The van der Waals surface area contributed by atoms with Crippen molar-refractivity contribution in [2.24, 2.45) is 17.6 Å². The molecule has 6 heteroatoms. The number of amides is 2. The maximum absolute atomic E-state index is 12.4. The van der Waals surface area contributed by atoms with Gasteiger partial charge in [0.15, 0.2) is 0 Å². The van der Waals surface area contributed by atoms with Gasteiger partial charge in [0.2, 0.25) is 11.8 Å². The van der Waals surface area contributed by atoms with Gasteiger partial charge in [-0.05, 0) is 24.7 Å². The Morgan fingerprint density at radius 2 is 1.73 bits per heavy atom. The fourth-order valence-electron chi connectivity index (χ4n) is 2.75. The van der Waals surface area contributed by atoms with Crippen LogP contribution in [0.2, 0.25) is 0 Å². The normalized spacial score (nSPS) is 16.5. The standard InChI is InChI=1S/C16H31N3O2.ClH/c1-11(2)10-19(13-7-5-6-8-13)14(20)9-18-16(21)15(17)12(3)4;/h11-13,15H,5-10,17H2,1-4H3,(H,18,21);1H/t15-;/m0./s1. The van der Waals surface area contributed by atoms with Crippen LogP contribution < -0.4 is 11.1 Å². The van der Waals surface area contributed by atoms with Gasteiger partial charge < -0.3 is 16.0 Å². The lowest BCUT2D eigenvalue weighted by Gasteiger charge is -2.31. The molecule has 0 aromatic carbocycles. The van der Waals surface area contributed by atoms with Gasteiger partial charge in [-0.1, -0.05) is 40.5 Å². The monoisotopic (exact) mass is 333 g/mol. The van der Waals surface area contributed by atoms with E-state index in [-0.39, 0.29) is 36.7 Å². The number of nitrogens with one attached hydrogen (secondary N) is 1. The molecule has 1 aliphatic rings. The molecule has 0 radical (unpaired) electrons. The van der Waals surface area contributed by atoms with Gasteiger partial charge in [0.05, 0.1) is 12.6 Å². The first-order valence-electron chi connectivity index (χ1n) is 8.15. The molecule has 0 bridgehead atoms. The van der Waals surface area contributed by atoms with Crippen LogP contribution in [-0.2, 0) is 9.59 Å². The summed E-state index contributed by atoms with van der Waals surface area (Å²) in [6.45, 7) is 8.84. The number of carbonyl (C=O) groups is 2. The van der Waals surface area contributed by atoms with E-state index < -0.39 is 6.04 Å². The number of nitrogens with two attached hydrogens (primary N) is 1. The summed E-state index contributed by atoms with van der Waals surface area (Å²) in [7, 11) is 0. The van der Waals surface area contributed by atoms with E-state index in [1.54, 1.807) is 0 Å².